The number of rotatable bonds is 4. The standard InChI is InChI=1S/C16H26N6S2/c1-4-5-9-14-22(20-13(3)23-14)16(21-10-7-6-8-11-21)17-15-19-18-12(2)24-15/h14H,4-11H2,1-3H3/b17-16+. The molecule has 0 aliphatic carbocycles. The number of hydrazone groups is 1. The van der Waals surface area contributed by atoms with Crippen LogP contribution < -0.4 is 0 Å². The van der Waals surface area contributed by atoms with Gasteiger partial charge in [-0.1, -0.05) is 42.9 Å². The molecule has 1 unspecified atom stereocenters. The van der Waals surface area contributed by atoms with Crippen molar-refractivity contribution in [2.45, 2.75) is 64.7 Å². The van der Waals surface area contributed by atoms with Crippen molar-refractivity contribution in [3.05, 3.63) is 5.01 Å². The minimum Gasteiger partial charge on any atom is -0.341 e. The lowest BCUT2D eigenvalue weighted by molar-refractivity contribution is 0.275. The second-order valence-electron chi connectivity index (χ2n) is 6.24. The zero-order chi connectivity index (χ0) is 16.9. The van der Waals surface area contributed by atoms with E-state index in [-0.39, 0.29) is 0 Å². The summed E-state index contributed by atoms with van der Waals surface area (Å²) in [6, 6.07) is 0. The van der Waals surface area contributed by atoms with E-state index in [0.29, 0.717) is 5.37 Å². The van der Waals surface area contributed by atoms with Crippen LogP contribution in [0.2, 0.25) is 0 Å². The van der Waals surface area contributed by atoms with Crippen molar-refractivity contribution in [2.75, 3.05) is 13.1 Å². The first-order valence-corrected chi connectivity index (χ1v) is 10.5. The molecule has 2 aliphatic heterocycles. The molecule has 132 valence electrons. The van der Waals surface area contributed by atoms with Gasteiger partial charge in [-0.05, 0) is 39.5 Å². The molecular weight excluding hydrogens is 340 g/mol. The highest BCUT2D eigenvalue weighted by Gasteiger charge is 2.32. The third kappa shape index (κ3) is 4.27. The summed E-state index contributed by atoms with van der Waals surface area (Å²) in [5, 5.41) is 18.4. The van der Waals surface area contributed by atoms with Gasteiger partial charge in [0.15, 0.2) is 0 Å². The average molecular weight is 367 g/mol. The Morgan fingerprint density at radius 2 is 2.00 bits per heavy atom. The predicted molar refractivity (Wildman–Crippen MR) is 103 cm³/mol. The third-order valence-electron chi connectivity index (χ3n) is 4.19. The fourth-order valence-corrected chi connectivity index (χ4v) is 4.61. The van der Waals surface area contributed by atoms with Crippen molar-refractivity contribution >= 4 is 39.2 Å². The number of guanidine groups is 1. The van der Waals surface area contributed by atoms with Gasteiger partial charge < -0.3 is 4.90 Å². The topological polar surface area (TPSA) is 57.0 Å². The summed E-state index contributed by atoms with van der Waals surface area (Å²) in [7, 11) is 0. The first kappa shape index (κ1) is 17.7. The zero-order valence-corrected chi connectivity index (χ0v) is 16.4. The van der Waals surface area contributed by atoms with Gasteiger partial charge in [-0.3, -0.25) is 0 Å². The Morgan fingerprint density at radius 3 is 2.67 bits per heavy atom. The quantitative estimate of drug-likeness (QED) is 0.590. The Bertz CT molecular complexity index is 605. The number of hydrogen-bond acceptors (Lipinski definition) is 6. The van der Waals surface area contributed by atoms with E-state index in [9.17, 15) is 0 Å². The van der Waals surface area contributed by atoms with Crippen LogP contribution >= 0.6 is 23.1 Å². The second-order valence-corrected chi connectivity index (χ2v) is 8.77. The highest BCUT2D eigenvalue weighted by Crippen LogP contribution is 2.32. The van der Waals surface area contributed by atoms with E-state index in [0.717, 1.165) is 40.7 Å². The average Bonchev–Trinajstić information content (AvgIpc) is 3.16. The van der Waals surface area contributed by atoms with E-state index in [1.54, 1.807) is 11.3 Å². The summed E-state index contributed by atoms with van der Waals surface area (Å²) < 4.78 is 0. The molecule has 2 aliphatic rings. The molecule has 8 heteroatoms. The smallest absolute Gasteiger partial charge is 0.234 e. The number of aliphatic imine (C=N–C) groups is 1. The first-order chi connectivity index (χ1) is 11.7. The van der Waals surface area contributed by atoms with Crippen molar-refractivity contribution < 1.29 is 0 Å². The lowest BCUT2D eigenvalue weighted by Gasteiger charge is -2.34. The number of aryl methyl sites for hydroxylation is 1. The normalized spacial score (nSPS) is 22.2. The molecule has 0 saturated carbocycles. The molecule has 6 nitrogen and oxygen atoms in total. The van der Waals surface area contributed by atoms with Gasteiger partial charge in [0.05, 0.1) is 5.04 Å². The molecule has 0 aromatic carbocycles. The van der Waals surface area contributed by atoms with Crippen molar-refractivity contribution in [1.29, 1.82) is 0 Å². The summed E-state index contributed by atoms with van der Waals surface area (Å²) in [5.41, 5.74) is 0. The van der Waals surface area contributed by atoms with Gasteiger partial charge in [-0.2, -0.15) is 10.1 Å². The lowest BCUT2D eigenvalue weighted by atomic mass is 10.1. The van der Waals surface area contributed by atoms with Crippen LogP contribution in [-0.4, -0.2) is 49.6 Å². The Morgan fingerprint density at radius 1 is 1.21 bits per heavy atom. The highest BCUT2D eigenvalue weighted by atomic mass is 32.2. The van der Waals surface area contributed by atoms with Gasteiger partial charge in [0.1, 0.15) is 10.4 Å². The fraction of sp³-hybridized carbons (Fsp3) is 0.750. The van der Waals surface area contributed by atoms with Crippen LogP contribution in [0.15, 0.2) is 10.1 Å². The molecule has 0 spiro atoms. The summed E-state index contributed by atoms with van der Waals surface area (Å²) >= 11 is 3.40. The summed E-state index contributed by atoms with van der Waals surface area (Å²) in [6.45, 7) is 8.39. The lowest BCUT2D eigenvalue weighted by Crippen LogP contribution is -2.46. The minimum absolute atomic E-state index is 0.347. The Balaban J connectivity index is 1.89. The molecule has 0 radical (unpaired) electrons. The molecule has 1 aromatic rings. The number of hydrogen-bond donors (Lipinski definition) is 0. The zero-order valence-electron chi connectivity index (χ0n) is 14.7. The molecule has 1 saturated heterocycles. The van der Waals surface area contributed by atoms with Gasteiger partial charge in [-0.25, -0.2) is 5.01 Å². The van der Waals surface area contributed by atoms with Crippen molar-refractivity contribution in [3.63, 3.8) is 0 Å². The maximum atomic E-state index is 4.87. The van der Waals surface area contributed by atoms with Crippen LogP contribution in [-0.2, 0) is 0 Å². The van der Waals surface area contributed by atoms with Crippen molar-refractivity contribution in [1.82, 2.24) is 20.1 Å². The molecule has 0 amide bonds. The van der Waals surface area contributed by atoms with E-state index in [4.69, 9.17) is 10.1 Å². The monoisotopic (exact) mass is 366 g/mol. The number of likely N-dealkylation sites (tertiary alicyclic amines) is 1. The van der Waals surface area contributed by atoms with E-state index < -0.39 is 0 Å². The number of nitrogens with zero attached hydrogens (tertiary/aromatic N) is 6. The van der Waals surface area contributed by atoms with Crippen LogP contribution in [0.1, 0.15) is 57.4 Å². The molecule has 1 fully saturated rings. The van der Waals surface area contributed by atoms with Crippen molar-refractivity contribution in [3.8, 4) is 0 Å². The van der Waals surface area contributed by atoms with E-state index in [2.05, 4.69) is 34.0 Å². The summed E-state index contributed by atoms with van der Waals surface area (Å²) in [5.74, 6) is 0.955. The molecule has 1 aromatic heterocycles. The van der Waals surface area contributed by atoms with E-state index in [1.807, 2.05) is 18.7 Å². The second kappa shape index (κ2) is 8.29. The highest BCUT2D eigenvalue weighted by molar-refractivity contribution is 8.14. The summed E-state index contributed by atoms with van der Waals surface area (Å²) in [6.07, 6.45) is 7.29. The van der Waals surface area contributed by atoms with Gasteiger partial charge in [0.2, 0.25) is 11.1 Å². The largest absolute Gasteiger partial charge is 0.341 e. The molecule has 24 heavy (non-hydrogen) atoms. The maximum absolute atomic E-state index is 4.87. The van der Waals surface area contributed by atoms with E-state index >= 15 is 0 Å². The Kier molecular flexibility index (Phi) is 6.10. The number of piperidine rings is 1. The molecule has 1 atom stereocenters. The van der Waals surface area contributed by atoms with Crippen LogP contribution in [0.5, 0.6) is 0 Å². The van der Waals surface area contributed by atoms with Gasteiger partial charge in [0, 0.05) is 13.1 Å². The number of unbranched alkanes of at least 4 members (excludes halogenated alkanes) is 1. The Hall–Kier alpha value is -1.15. The molecule has 3 rings (SSSR count). The third-order valence-corrected chi connectivity index (χ3v) is 6.05. The molecule has 0 N–H and O–H groups in total. The number of aromatic nitrogens is 2. The van der Waals surface area contributed by atoms with E-state index in [1.165, 1.54) is 32.1 Å². The van der Waals surface area contributed by atoms with Gasteiger partial charge in [0.25, 0.3) is 0 Å². The van der Waals surface area contributed by atoms with Crippen LogP contribution in [0.4, 0.5) is 5.13 Å². The SMILES string of the molecule is CCCCC1SC(C)=NN1/C(=N/c1nnc(C)s1)N1CCCCC1. The Labute approximate surface area is 152 Å². The molecule has 0 bridgehead atoms. The van der Waals surface area contributed by atoms with Gasteiger partial charge >= 0.3 is 0 Å². The van der Waals surface area contributed by atoms with Gasteiger partial charge in [-0.15, -0.1) is 10.2 Å². The molecular formula is C16H26N6S2. The summed E-state index contributed by atoms with van der Waals surface area (Å²) in [4.78, 5) is 7.25. The number of thioether (sulfide) groups is 1. The van der Waals surface area contributed by atoms with Crippen LogP contribution in [0.3, 0.4) is 0 Å². The van der Waals surface area contributed by atoms with Crippen LogP contribution in [0, 0.1) is 6.92 Å². The van der Waals surface area contributed by atoms with Crippen molar-refractivity contribution in [2.24, 2.45) is 10.1 Å². The predicted octanol–water partition coefficient (Wildman–Crippen LogP) is 4.22. The maximum Gasteiger partial charge on any atom is 0.234 e. The van der Waals surface area contributed by atoms with Crippen LogP contribution in [0.25, 0.3) is 0 Å². The minimum atomic E-state index is 0.347. The fourth-order valence-electron chi connectivity index (χ4n) is 3.00. The molecule has 3 heterocycles. The first-order valence-electron chi connectivity index (χ1n) is 8.82.